The summed E-state index contributed by atoms with van der Waals surface area (Å²) in [7, 11) is 4.76. The Balaban J connectivity index is 0. The maximum absolute atomic E-state index is 3.54. The lowest BCUT2D eigenvalue weighted by Gasteiger charge is -2.29. The van der Waals surface area contributed by atoms with Crippen molar-refractivity contribution in [2.24, 2.45) is 0 Å². The van der Waals surface area contributed by atoms with E-state index < -0.39 is 0 Å². The third-order valence-corrected chi connectivity index (χ3v) is 5.57. The van der Waals surface area contributed by atoms with E-state index in [0.717, 1.165) is 5.33 Å². The summed E-state index contributed by atoms with van der Waals surface area (Å²) >= 11 is 3.54. The highest BCUT2D eigenvalue weighted by Gasteiger charge is 2.12. The van der Waals surface area contributed by atoms with Crippen LogP contribution in [0.4, 0.5) is 0 Å². The predicted molar refractivity (Wildman–Crippen MR) is 111 cm³/mol. The van der Waals surface area contributed by atoms with Gasteiger partial charge in [-0.3, -0.25) is 0 Å². The van der Waals surface area contributed by atoms with Crippen molar-refractivity contribution in [1.29, 1.82) is 0 Å². The van der Waals surface area contributed by atoms with Crippen LogP contribution in [0.15, 0.2) is 0 Å². The van der Waals surface area contributed by atoms with Crippen molar-refractivity contribution < 1.29 is 16.9 Å². The Labute approximate surface area is 168 Å². The Morgan fingerprint density at radius 2 is 0.875 bits per heavy atom. The third kappa shape index (κ3) is 20.8. The summed E-state index contributed by atoms with van der Waals surface area (Å²) in [6.45, 7) is 4.96. The Hall–Kier alpha value is 0.730. The maximum Gasteiger partial charge on any atom is 0.0790 e. The fourth-order valence-corrected chi connectivity index (χ4v) is 3.58. The SMILES string of the molecule is CCCCCCCCCCCCCCCC[N+](C)(C)CCCBr.[Cl-]. The first-order valence-electron chi connectivity index (χ1n) is 10.5. The third-order valence-electron chi connectivity index (χ3n) is 5.01. The molecular formula is C21H45BrClN. The second-order valence-electron chi connectivity index (χ2n) is 8.02. The molecule has 0 spiro atoms. The van der Waals surface area contributed by atoms with Gasteiger partial charge < -0.3 is 16.9 Å². The van der Waals surface area contributed by atoms with E-state index in [9.17, 15) is 0 Å². The molecule has 0 rings (SSSR count). The second-order valence-corrected chi connectivity index (χ2v) is 8.81. The molecule has 0 aliphatic carbocycles. The molecule has 0 saturated carbocycles. The molecule has 0 aliphatic heterocycles. The minimum absolute atomic E-state index is 0. The van der Waals surface area contributed by atoms with Crippen molar-refractivity contribution in [2.45, 2.75) is 103 Å². The number of hydrogen-bond acceptors (Lipinski definition) is 0. The van der Waals surface area contributed by atoms with Gasteiger partial charge >= 0.3 is 0 Å². The van der Waals surface area contributed by atoms with Crippen LogP contribution in [0.3, 0.4) is 0 Å². The van der Waals surface area contributed by atoms with Gasteiger partial charge in [0, 0.05) is 11.8 Å². The van der Waals surface area contributed by atoms with Crippen LogP contribution in [-0.2, 0) is 0 Å². The van der Waals surface area contributed by atoms with Gasteiger partial charge in [-0.1, -0.05) is 99.9 Å². The lowest BCUT2D eigenvalue weighted by Crippen LogP contribution is -3.00. The smallest absolute Gasteiger partial charge is 0.0790 e. The minimum Gasteiger partial charge on any atom is -1.00 e. The number of rotatable bonds is 18. The largest absolute Gasteiger partial charge is 1.00 e. The number of quaternary nitrogens is 1. The molecule has 0 aromatic rings. The molecule has 0 atom stereocenters. The summed E-state index contributed by atoms with van der Waals surface area (Å²) in [5.74, 6) is 0. The van der Waals surface area contributed by atoms with Crippen LogP contribution in [-0.4, -0.2) is 37.0 Å². The first kappa shape index (κ1) is 27.0. The number of hydrogen-bond donors (Lipinski definition) is 0. The van der Waals surface area contributed by atoms with E-state index in [2.05, 4.69) is 36.9 Å². The Morgan fingerprint density at radius 1 is 0.542 bits per heavy atom. The van der Waals surface area contributed by atoms with Gasteiger partial charge in [-0.25, -0.2) is 0 Å². The highest BCUT2D eigenvalue weighted by Crippen LogP contribution is 2.13. The average molecular weight is 427 g/mol. The fraction of sp³-hybridized carbons (Fsp3) is 1.00. The van der Waals surface area contributed by atoms with Gasteiger partial charge in [-0.2, -0.15) is 0 Å². The van der Waals surface area contributed by atoms with Crippen LogP contribution in [0.2, 0.25) is 0 Å². The van der Waals surface area contributed by atoms with Crippen LogP contribution in [0.25, 0.3) is 0 Å². The standard InChI is InChI=1S/C21H45BrN.ClH/c1-4-5-6-7-8-9-10-11-12-13-14-15-16-17-20-23(2,3)21-18-19-22;/h4-21H2,1-3H3;1H/q+1;/p-1. The first-order chi connectivity index (χ1) is 11.1. The van der Waals surface area contributed by atoms with Crippen molar-refractivity contribution in [2.75, 3.05) is 32.5 Å². The highest BCUT2D eigenvalue weighted by atomic mass is 79.9. The van der Waals surface area contributed by atoms with E-state index in [0.29, 0.717) is 0 Å². The van der Waals surface area contributed by atoms with Crippen molar-refractivity contribution in [3.8, 4) is 0 Å². The van der Waals surface area contributed by atoms with E-state index >= 15 is 0 Å². The molecule has 0 N–H and O–H groups in total. The molecule has 24 heavy (non-hydrogen) atoms. The number of unbranched alkanes of at least 4 members (excludes halogenated alkanes) is 13. The van der Waals surface area contributed by atoms with Gasteiger partial charge in [0.2, 0.25) is 0 Å². The molecule has 148 valence electrons. The van der Waals surface area contributed by atoms with E-state index in [-0.39, 0.29) is 12.4 Å². The normalized spacial score (nSPS) is 11.5. The van der Waals surface area contributed by atoms with Crippen LogP contribution in [0.5, 0.6) is 0 Å². The quantitative estimate of drug-likeness (QED) is 0.174. The molecule has 0 amide bonds. The van der Waals surface area contributed by atoms with Gasteiger partial charge in [0.1, 0.15) is 0 Å². The Kier molecular flexibility index (Phi) is 22.5. The Morgan fingerprint density at radius 3 is 1.25 bits per heavy atom. The average Bonchev–Trinajstić information content (AvgIpc) is 2.53. The van der Waals surface area contributed by atoms with Gasteiger partial charge in [-0.15, -0.1) is 0 Å². The zero-order valence-electron chi connectivity index (χ0n) is 16.9. The van der Waals surface area contributed by atoms with E-state index in [1.54, 1.807) is 0 Å². The van der Waals surface area contributed by atoms with E-state index in [1.807, 2.05) is 0 Å². The monoisotopic (exact) mass is 425 g/mol. The molecule has 0 bridgehead atoms. The molecule has 0 aliphatic rings. The molecule has 0 aromatic heterocycles. The molecule has 0 unspecified atom stereocenters. The lowest BCUT2D eigenvalue weighted by molar-refractivity contribution is -0.890. The van der Waals surface area contributed by atoms with Gasteiger partial charge in [-0.05, 0) is 12.8 Å². The topological polar surface area (TPSA) is 0 Å². The molecule has 0 saturated heterocycles. The van der Waals surface area contributed by atoms with Crippen LogP contribution >= 0.6 is 15.9 Å². The molecular weight excluding hydrogens is 382 g/mol. The highest BCUT2D eigenvalue weighted by molar-refractivity contribution is 9.09. The molecule has 0 heterocycles. The number of nitrogens with zero attached hydrogens (tertiary/aromatic N) is 1. The van der Waals surface area contributed by atoms with Gasteiger partial charge in [0.25, 0.3) is 0 Å². The number of halogens is 2. The van der Waals surface area contributed by atoms with Crippen molar-refractivity contribution in [3.05, 3.63) is 0 Å². The molecule has 0 radical (unpaired) electrons. The summed E-state index contributed by atoms with van der Waals surface area (Å²) < 4.78 is 1.20. The van der Waals surface area contributed by atoms with Crippen LogP contribution in [0.1, 0.15) is 103 Å². The summed E-state index contributed by atoms with van der Waals surface area (Å²) in [6.07, 6.45) is 21.6. The second kappa shape index (κ2) is 20.0. The van der Waals surface area contributed by atoms with Gasteiger partial charge in [0.05, 0.1) is 27.2 Å². The number of alkyl halides is 1. The molecule has 3 heteroatoms. The molecule has 1 nitrogen and oxygen atoms in total. The summed E-state index contributed by atoms with van der Waals surface area (Å²) in [5, 5.41) is 1.15. The minimum atomic E-state index is 0. The van der Waals surface area contributed by atoms with E-state index in [4.69, 9.17) is 0 Å². The van der Waals surface area contributed by atoms with Crippen molar-refractivity contribution >= 4 is 15.9 Å². The summed E-state index contributed by atoms with van der Waals surface area (Å²) in [6, 6.07) is 0. The van der Waals surface area contributed by atoms with Crippen molar-refractivity contribution in [3.63, 3.8) is 0 Å². The lowest BCUT2D eigenvalue weighted by atomic mass is 10.0. The molecule has 0 fully saturated rings. The summed E-state index contributed by atoms with van der Waals surface area (Å²) in [5.41, 5.74) is 0. The fourth-order valence-electron chi connectivity index (χ4n) is 3.33. The zero-order valence-corrected chi connectivity index (χ0v) is 19.3. The Bertz CT molecular complexity index is 234. The first-order valence-corrected chi connectivity index (χ1v) is 11.6. The van der Waals surface area contributed by atoms with Crippen molar-refractivity contribution in [1.82, 2.24) is 0 Å². The van der Waals surface area contributed by atoms with Gasteiger partial charge in [0.15, 0.2) is 0 Å². The molecule has 0 aromatic carbocycles. The van der Waals surface area contributed by atoms with Crippen LogP contribution < -0.4 is 12.4 Å². The maximum atomic E-state index is 3.54. The van der Waals surface area contributed by atoms with Crippen LogP contribution in [0, 0.1) is 0 Å². The predicted octanol–water partition coefficient (Wildman–Crippen LogP) is 4.33. The van der Waals surface area contributed by atoms with E-state index in [1.165, 1.54) is 114 Å². The zero-order chi connectivity index (χ0) is 17.2. The summed E-state index contributed by atoms with van der Waals surface area (Å²) in [4.78, 5) is 0.